The van der Waals surface area contributed by atoms with Gasteiger partial charge in [-0.2, -0.15) is 4.98 Å². The van der Waals surface area contributed by atoms with Gasteiger partial charge in [-0.3, -0.25) is 4.57 Å². The van der Waals surface area contributed by atoms with E-state index < -0.39 is 0 Å². The van der Waals surface area contributed by atoms with Gasteiger partial charge in [-0.05, 0) is 12.8 Å². The number of fused-ring (bicyclic) bond motifs is 1. The van der Waals surface area contributed by atoms with Gasteiger partial charge < -0.3 is 15.6 Å². The molecule has 3 N–H and O–H groups in total. The van der Waals surface area contributed by atoms with Crippen molar-refractivity contribution in [2.24, 2.45) is 0 Å². The van der Waals surface area contributed by atoms with Crippen molar-refractivity contribution in [2.45, 2.75) is 25.2 Å². The van der Waals surface area contributed by atoms with Crippen LogP contribution in [-0.4, -0.2) is 37.3 Å². The molecule has 0 bridgehead atoms. The third kappa shape index (κ3) is 1.73. The Labute approximate surface area is 97.3 Å². The minimum absolute atomic E-state index is 0.0419. The average Bonchev–Trinajstić information content (AvgIpc) is 2.93. The fourth-order valence-electron chi connectivity index (χ4n) is 2.08. The van der Waals surface area contributed by atoms with Gasteiger partial charge >= 0.3 is 0 Å². The van der Waals surface area contributed by atoms with Crippen molar-refractivity contribution in [3.63, 3.8) is 0 Å². The molecule has 0 aliphatic carbocycles. The van der Waals surface area contributed by atoms with Crippen molar-refractivity contribution in [1.29, 1.82) is 0 Å². The van der Waals surface area contributed by atoms with E-state index in [-0.39, 0.29) is 24.9 Å². The fraction of sp³-hybridized carbons (Fsp3) is 0.500. The summed E-state index contributed by atoms with van der Waals surface area (Å²) in [6, 6.07) is 0. The summed E-state index contributed by atoms with van der Waals surface area (Å²) < 4.78 is 7.51. The molecule has 0 spiro atoms. The van der Waals surface area contributed by atoms with Crippen molar-refractivity contribution < 1.29 is 9.84 Å². The van der Waals surface area contributed by atoms with Crippen molar-refractivity contribution in [2.75, 3.05) is 12.3 Å². The lowest BCUT2D eigenvalue weighted by atomic mass is 10.2. The van der Waals surface area contributed by atoms with E-state index in [9.17, 15) is 0 Å². The molecule has 3 rings (SSSR count). The maximum atomic E-state index is 9.04. The Hall–Kier alpha value is -1.73. The molecule has 90 valence electrons. The number of aliphatic hydroxyl groups is 1. The Bertz CT molecular complexity index is 540. The maximum absolute atomic E-state index is 9.04. The average molecular weight is 235 g/mol. The predicted molar refractivity (Wildman–Crippen MR) is 60.0 cm³/mol. The predicted octanol–water partition coefficient (Wildman–Crippen LogP) is 0.0784. The van der Waals surface area contributed by atoms with Gasteiger partial charge in [-0.25, -0.2) is 9.97 Å². The van der Waals surface area contributed by atoms with Gasteiger partial charge in [-0.1, -0.05) is 0 Å². The molecule has 0 unspecified atom stereocenters. The zero-order valence-electron chi connectivity index (χ0n) is 9.15. The molecule has 1 saturated heterocycles. The Morgan fingerprint density at radius 3 is 3.12 bits per heavy atom. The van der Waals surface area contributed by atoms with Gasteiger partial charge in [-0.15, -0.1) is 0 Å². The normalized spacial score (nSPS) is 24.5. The quantitative estimate of drug-likeness (QED) is 0.764. The van der Waals surface area contributed by atoms with E-state index in [2.05, 4.69) is 15.0 Å². The number of anilines is 1. The molecule has 7 heteroatoms. The number of hydrogen-bond acceptors (Lipinski definition) is 6. The zero-order chi connectivity index (χ0) is 11.8. The first-order chi connectivity index (χ1) is 8.28. The number of nitrogens with two attached hydrogens (primary N) is 1. The molecule has 0 radical (unpaired) electrons. The maximum Gasteiger partial charge on any atom is 0.222 e. The first-order valence-electron chi connectivity index (χ1n) is 5.49. The van der Waals surface area contributed by atoms with Gasteiger partial charge in [0.05, 0.1) is 25.2 Å². The topological polar surface area (TPSA) is 99.1 Å². The number of aliphatic hydroxyl groups excluding tert-OH is 1. The van der Waals surface area contributed by atoms with Crippen LogP contribution in [0.15, 0.2) is 12.5 Å². The van der Waals surface area contributed by atoms with Gasteiger partial charge in [0.25, 0.3) is 0 Å². The van der Waals surface area contributed by atoms with E-state index >= 15 is 0 Å². The highest BCUT2D eigenvalue weighted by atomic mass is 16.5. The largest absolute Gasteiger partial charge is 0.394 e. The number of nitrogen functional groups attached to an aromatic ring is 1. The first-order valence-corrected chi connectivity index (χ1v) is 5.49. The summed E-state index contributed by atoms with van der Waals surface area (Å²) in [5, 5.41) is 9.04. The number of hydrogen-bond donors (Lipinski definition) is 2. The lowest BCUT2D eigenvalue weighted by Crippen LogP contribution is -2.14. The molecule has 1 fully saturated rings. The van der Waals surface area contributed by atoms with Crippen LogP contribution in [0.5, 0.6) is 0 Å². The third-order valence-electron chi connectivity index (χ3n) is 2.93. The second-order valence-electron chi connectivity index (χ2n) is 4.06. The summed E-state index contributed by atoms with van der Waals surface area (Å²) in [7, 11) is 0. The minimum atomic E-state index is -0.133. The summed E-state index contributed by atoms with van der Waals surface area (Å²) in [6.07, 6.45) is 4.70. The van der Waals surface area contributed by atoms with Crippen LogP contribution >= 0.6 is 0 Å². The third-order valence-corrected chi connectivity index (χ3v) is 2.93. The highest BCUT2D eigenvalue weighted by Crippen LogP contribution is 2.29. The molecule has 1 aliphatic heterocycles. The van der Waals surface area contributed by atoms with Crippen LogP contribution in [-0.2, 0) is 4.74 Å². The highest BCUT2D eigenvalue weighted by molar-refractivity contribution is 5.70. The number of rotatable bonds is 2. The van der Waals surface area contributed by atoms with Gasteiger partial charge in [0, 0.05) is 0 Å². The summed E-state index contributed by atoms with van der Waals surface area (Å²) in [4.78, 5) is 12.2. The molecular weight excluding hydrogens is 222 g/mol. The SMILES string of the molecule is Nc1ncc2ncn([C@@H]3CC[C@H](CO)O3)c2n1. The number of ether oxygens (including phenoxy) is 1. The van der Waals surface area contributed by atoms with Crippen LogP contribution < -0.4 is 5.73 Å². The van der Waals surface area contributed by atoms with Crippen LogP contribution in [0, 0.1) is 0 Å². The Balaban J connectivity index is 1.98. The lowest BCUT2D eigenvalue weighted by molar-refractivity contribution is -0.0207. The van der Waals surface area contributed by atoms with E-state index in [4.69, 9.17) is 15.6 Å². The van der Waals surface area contributed by atoms with Gasteiger partial charge in [0.1, 0.15) is 11.7 Å². The Morgan fingerprint density at radius 1 is 1.47 bits per heavy atom. The van der Waals surface area contributed by atoms with Crippen molar-refractivity contribution in [3.05, 3.63) is 12.5 Å². The van der Waals surface area contributed by atoms with E-state index in [1.165, 1.54) is 0 Å². The molecule has 3 heterocycles. The van der Waals surface area contributed by atoms with Crippen LogP contribution in [0.2, 0.25) is 0 Å². The second kappa shape index (κ2) is 3.94. The second-order valence-corrected chi connectivity index (χ2v) is 4.06. The standard InChI is InChI=1S/C10H13N5O2/c11-10-12-3-7-9(14-10)15(5-13-7)8-2-1-6(4-16)17-8/h3,5-6,8,16H,1-2,4H2,(H2,11,12,14)/t6-,8+/m1/s1. The molecule has 2 aromatic heterocycles. The van der Waals surface area contributed by atoms with Crippen LogP contribution in [0.1, 0.15) is 19.1 Å². The number of imidazole rings is 1. The van der Waals surface area contributed by atoms with E-state index in [1.54, 1.807) is 12.5 Å². The molecule has 7 nitrogen and oxygen atoms in total. The van der Waals surface area contributed by atoms with Gasteiger partial charge in [0.15, 0.2) is 5.65 Å². The summed E-state index contributed by atoms with van der Waals surface area (Å²) in [5.41, 5.74) is 6.92. The summed E-state index contributed by atoms with van der Waals surface area (Å²) in [6.45, 7) is 0.0419. The summed E-state index contributed by atoms with van der Waals surface area (Å²) >= 11 is 0. The van der Waals surface area contributed by atoms with Crippen molar-refractivity contribution in [1.82, 2.24) is 19.5 Å². The minimum Gasteiger partial charge on any atom is -0.394 e. The van der Waals surface area contributed by atoms with Crippen molar-refractivity contribution >= 4 is 17.1 Å². The van der Waals surface area contributed by atoms with E-state index in [1.807, 2.05) is 4.57 Å². The monoisotopic (exact) mass is 235 g/mol. The Morgan fingerprint density at radius 2 is 2.35 bits per heavy atom. The number of nitrogens with zero attached hydrogens (tertiary/aromatic N) is 4. The van der Waals surface area contributed by atoms with Crippen LogP contribution in [0.25, 0.3) is 11.2 Å². The van der Waals surface area contributed by atoms with Crippen molar-refractivity contribution in [3.8, 4) is 0 Å². The van der Waals surface area contributed by atoms with Gasteiger partial charge in [0.2, 0.25) is 5.95 Å². The molecule has 1 aliphatic rings. The smallest absolute Gasteiger partial charge is 0.222 e. The molecule has 0 saturated carbocycles. The molecule has 0 amide bonds. The number of aromatic nitrogens is 4. The van der Waals surface area contributed by atoms with Crippen LogP contribution in [0.3, 0.4) is 0 Å². The molecule has 2 atom stereocenters. The first kappa shape index (κ1) is 10.4. The Kier molecular flexibility index (Phi) is 2.41. The molecule has 0 aromatic carbocycles. The highest BCUT2D eigenvalue weighted by Gasteiger charge is 2.27. The molecule has 17 heavy (non-hydrogen) atoms. The summed E-state index contributed by atoms with van der Waals surface area (Å²) in [5.74, 6) is 0.218. The fourth-order valence-corrected chi connectivity index (χ4v) is 2.08. The zero-order valence-corrected chi connectivity index (χ0v) is 9.15. The van der Waals surface area contributed by atoms with Crippen LogP contribution in [0.4, 0.5) is 5.95 Å². The molecular formula is C10H13N5O2. The lowest BCUT2D eigenvalue weighted by Gasteiger charge is -2.13. The van der Waals surface area contributed by atoms with E-state index in [0.29, 0.717) is 11.2 Å². The van der Waals surface area contributed by atoms with E-state index in [0.717, 1.165) is 12.8 Å². The molecule has 2 aromatic rings.